The number of nitrogens with zero attached hydrogens (tertiary/aromatic N) is 2. The van der Waals surface area contributed by atoms with E-state index in [9.17, 15) is 26.4 Å². The standard InChI is InChI=1S/C22H26F3N3O3S/c1-27(2)32(30,31)19-10-8-17(9-11-19)14-26-20(29)21(22(23,24)25)12-13-28(16-21)15-18-6-4-3-5-7-18/h3-11H,12-16H2,1-2H3,(H,26,29). The highest BCUT2D eigenvalue weighted by Gasteiger charge is 2.62. The molecule has 0 aromatic heterocycles. The third kappa shape index (κ3) is 4.97. The van der Waals surface area contributed by atoms with Gasteiger partial charge >= 0.3 is 6.18 Å². The van der Waals surface area contributed by atoms with Crippen LogP contribution in [0.15, 0.2) is 59.5 Å². The number of halogens is 3. The number of alkyl halides is 3. The second-order valence-electron chi connectivity index (χ2n) is 8.14. The summed E-state index contributed by atoms with van der Waals surface area (Å²) < 4.78 is 67.3. The molecule has 32 heavy (non-hydrogen) atoms. The minimum Gasteiger partial charge on any atom is -0.351 e. The van der Waals surface area contributed by atoms with Crippen molar-refractivity contribution in [3.8, 4) is 0 Å². The lowest BCUT2D eigenvalue weighted by Crippen LogP contribution is -2.52. The van der Waals surface area contributed by atoms with Crippen LogP contribution in [0.2, 0.25) is 0 Å². The molecule has 2 aromatic carbocycles. The van der Waals surface area contributed by atoms with E-state index in [1.165, 1.54) is 38.4 Å². The molecule has 2 aromatic rings. The van der Waals surface area contributed by atoms with E-state index >= 15 is 0 Å². The van der Waals surface area contributed by atoms with Gasteiger partial charge in [-0.2, -0.15) is 13.2 Å². The second kappa shape index (κ2) is 9.21. The Kier molecular flexibility index (Phi) is 6.97. The summed E-state index contributed by atoms with van der Waals surface area (Å²) in [4.78, 5) is 14.4. The zero-order valence-electron chi connectivity index (χ0n) is 17.9. The van der Waals surface area contributed by atoms with Crippen LogP contribution in [-0.4, -0.2) is 56.9 Å². The largest absolute Gasteiger partial charge is 0.404 e. The van der Waals surface area contributed by atoms with E-state index in [0.29, 0.717) is 12.1 Å². The Balaban J connectivity index is 1.69. The predicted molar refractivity (Wildman–Crippen MR) is 114 cm³/mol. The van der Waals surface area contributed by atoms with Gasteiger partial charge in [0.1, 0.15) is 0 Å². The first kappa shape index (κ1) is 24.2. The first-order valence-electron chi connectivity index (χ1n) is 10.1. The smallest absolute Gasteiger partial charge is 0.351 e. The number of rotatable bonds is 7. The van der Waals surface area contributed by atoms with E-state index in [0.717, 1.165) is 9.87 Å². The van der Waals surface area contributed by atoms with Crippen LogP contribution >= 0.6 is 0 Å². The van der Waals surface area contributed by atoms with Crippen LogP contribution in [0.3, 0.4) is 0 Å². The molecular weight excluding hydrogens is 443 g/mol. The molecule has 1 amide bonds. The maximum atomic E-state index is 14.0. The lowest BCUT2D eigenvalue weighted by Gasteiger charge is -2.30. The molecule has 1 saturated heterocycles. The molecule has 0 spiro atoms. The van der Waals surface area contributed by atoms with Gasteiger partial charge in [-0.15, -0.1) is 0 Å². The number of carbonyl (C=O) groups is 1. The molecule has 10 heteroatoms. The van der Waals surface area contributed by atoms with E-state index in [-0.39, 0.29) is 24.4 Å². The number of hydrogen-bond acceptors (Lipinski definition) is 4. The Hall–Kier alpha value is -2.43. The number of benzene rings is 2. The maximum Gasteiger partial charge on any atom is 0.404 e. The van der Waals surface area contributed by atoms with Crippen molar-refractivity contribution >= 4 is 15.9 Å². The zero-order valence-corrected chi connectivity index (χ0v) is 18.7. The Morgan fingerprint density at radius 2 is 1.69 bits per heavy atom. The van der Waals surface area contributed by atoms with Gasteiger partial charge in [0, 0.05) is 33.7 Å². The summed E-state index contributed by atoms with van der Waals surface area (Å²) in [5.41, 5.74) is -1.08. The molecule has 1 aliphatic rings. The van der Waals surface area contributed by atoms with Crippen molar-refractivity contribution < 1.29 is 26.4 Å². The molecular formula is C22H26F3N3O3S. The topological polar surface area (TPSA) is 69.7 Å². The Morgan fingerprint density at radius 3 is 2.25 bits per heavy atom. The molecule has 1 N–H and O–H groups in total. The summed E-state index contributed by atoms with van der Waals surface area (Å²) in [5, 5.41) is 2.41. The molecule has 1 fully saturated rings. The van der Waals surface area contributed by atoms with Crippen LogP contribution < -0.4 is 5.32 Å². The zero-order chi connectivity index (χ0) is 23.6. The molecule has 3 rings (SSSR count). The fourth-order valence-electron chi connectivity index (χ4n) is 3.75. The lowest BCUT2D eigenvalue weighted by molar-refractivity contribution is -0.218. The van der Waals surface area contributed by atoms with Gasteiger partial charge in [0.05, 0.1) is 4.90 Å². The minimum atomic E-state index is -4.69. The van der Waals surface area contributed by atoms with Crippen LogP contribution in [0.5, 0.6) is 0 Å². The van der Waals surface area contributed by atoms with E-state index in [2.05, 4.69) is 5.32 Å². The molecule has 0 bridgehead atoms. The summed E-state index contributed by atoms with van der Waals surface area (Å²) in [7, 11) is -0.797. The van der Waals surface area contributed by atoms with Gasteiger partial charge < -0.3 is 5.32 Å². The van der Waals surface area contributed by atoms with Gasteiger partial charge in [-0.25, -0.2) is 12.7 Å². The third-order valence-corrected chi connectivity index (χ3v) is 7.56. The van der Waals surface area contributed by atoms with Crippen molar-refractivity contribution in [2.45, 2.75) is 30.6 Å². The lowest BCUT2D eigenvalue weighted by atomic mass is 9.85. The SMILES string of the molecule is CN(C)S(=O)(=O)c1ccc(CNC(=O)C2(C(F)(F)F)CCN(Cc3ccccc3)C2)cc1. The summed E-state index contributed by atoms with van der Waals surface area (Å²) >= 11 is 0. The number of hydrogen-bond donors (Lipinski definition) is 1. The predicted octanol–water partition coefficient (Wildman–Crippen LogP) is 3.01. The fourth-order valence-corrected chi connectivity index (χ4v) is 4.65. The first-order chi connectivity index (χ1) is 15.0. The third-order valence-electron chi connectivity index (χ3n) is 5.73. The molecule has 1 heterocycles. The summed E-state index contributed by atoms with van der Waals surface area (Å²) in [5.74, 6) is -1.06. The van der Waals surface area contributed by atoms with Crippen LogP contribution in [0.25, 0.3) is 0 Å². The summed E-state index contributed by atoms with van der Waals surface area (Å²) in [6.07, 6.45) is -5.00. The second-order valence-corrected chi connectivity index (χ2v) is 10.3. The molecule has 0 aliphatic carbocycles. The Morgan fingerprint density at radius 1 is 1.06 bits per heavy atom. The van der Waals surface area contributed by atoms with Crippen molar-refractivity contribution in [3.63, 3.8) is 0 Å². The van der Waals surface area contributed by atoms with Gasteiger partial charge in [0.2, 0.25) is 15.9 Å². The average molecular weight is 470 g/mol. The number of nitrogens with one attached hydrogen (secondary N) is 1. The van der Waals surface area contributed by atoms with Gasteiger partial charge in [-0.05, 0) is 36.2 Å². The highest BCUT2D eigenvalue weighted by atomic mass is 32.2. The van der Waals surface area contributed by atoms with E-state index in [1.807, 2.05) is 30.3 Å². The number of sulfonamides is 1. The van der Waals surface area contributed by atoms with Crippen molar-refractivity contribution in [2.24, 2.45) is 5.41 Å². The molecule has 6 nitrogen and oxygen atoms in total. The molecule has 1 unspecified atom stereocenters. The number of amides is 1. The molecule has 0 saturated carbocycles. The minimum absolute atomic E-state index is 0.0664. The molecule has 1 aliphatic heterocycles. The van der Waals surface area contributed by atoms with Crippen molar-refractivity contribution in [3.05, 3.63) is 65.7 Å². The molecule has 174 valence electrons. The number of carbonyl (C=O) groups excluding carboxylic acids is 1. The molecule has 0 radical (unpaired) electrons. The Labute approximate surface area is 186 Å². The molecule has 1 atom stereocenters. The maximum absolute atomic E-state index is 14.0. The van der Waals surface area contributed by atoms with Crippen molar-refractivity contribution in [1.82, 2.24) is 14.5 Å². The van der Waals surface area contributed by atoms with Gasteiger partial charge in [0.25, 0.3) is 0 Å². The van der Waals surface area contributed by atoms with Gasteiger partial charge in [-0.1, -0.05) is 42.5 Å². The fraction of sp³-hybridized carbons (Fsp3) is 0.409. The number of likely N-dealkylation sites (tertiary alicyclic amines) is 1. The quantitative estimate of drug-likeness (QED) is 0.677. The van der Waals surface area contributed by atoms with E-state index < -0.39 is 34.1 Å². The first-order valence-corrected chi connectivity index (χ1v) is 11.5. The van der Waals surface area contributed by atoms with E-state index in [1.54, 1.807) is 4.90 Å². The van der Waals surface area contributed by atoms with Crippen molar-refractivity contribution in [1.29, 1.82) is 0 Å². The Bertz CT molecular complexity index is 1040. The van der Waals surface area contributed by atoms with Crippen molar-refractivity contribution in [2.75, 3.05) is 27.2 Å². The highest BCUT2D eigenvalue weighted by molar-refractivity contribution is 7.89. The van der Waals surface area contributed by atoms with Gasteiger partial charge in [0.15, 0.2) is 5.41 Å². The van der Waals surface area contributed by atoms with Crippen LogP contribution in [0.4, 0.5) is 13.2 Å². The van der Waals surface area contributed by atoms with Crippen LogP contribution in [-0.2, 0) is 27.9 Å². The monoisotopic (exact) mass is 469 g/mol. The van der Waals surface area contributed by atoms with Gasteiger partial charge in [-0.3, -0.25) is 9.69 Å². The van der Waals surface area contributed by atoms with E-state index in [4.69, 9.17) is 0 Å². The normalized spacial score (nSPS) is 19.9. The average Bonchev–Trinajstić information content (AvgIpc) is 3.18. The summed E-state index contributed by atoms with van der Waals surface area (Å²) in [6, 6.07) is 14.9. The summed E-state index contributed by atoms with van der Waals surface area (Å²) in [6.45, 7) is -0.0262. The van der Waals surface area contributed by atoms with Crippen LogP contribution in [0, 0.1) is 5.41 Å². The highest BCUT2D eigenvalue weighted by Crippen LogP contribution is 2.46. The van der Waals surface area contributed by atoms with Crippen LogP contribution in [0.1, 0.15) is 17.5 Å².